The van der Waals surface area contributed by atoms with Crippen molar-refractivity contribution in [3.05, 3.63) is 0 Å². The van der Waals surface area contributed by atoms with Gasteiger partial charge in [0.25, 0.3) is 0 Å². The number of carbonyl (C=O) groups excluding carboxylic acids is 2. The molecular weight excluding hydrogens is 304 g/mol. The van der Waals surface area contributed by atoms with Crippen LogP contribution in [0.3, 0.4) is 0 Å². The van der Waals surface area contributed by atoms with Crippen molar-refractivity contribution in [1.29, 1.82) is 0 Å². The average Bonchev–Trinajstić information content (AvgIpc) is 2.47. The standard InChI is InChI=1S/C15H30N4O2.ClH/c1-5-11(2)14(16)15(21)17-12-6-8-19(9-7-12)10-13(20)18(3)4;/h11-12,14H,5-10,16H2,1-4H3,(H,17,21);1H. The Labute approximate surface area is 140 Å². The largest absolute Gasteiger partial charge is 0.352 e. The van der Waals surface area contributed by atoms with Crippen LogP contribution in [0.2, 0.25) is 0 Å². The Bertz CT molecular complexity index is 357. The van der Waals surface area contributed by atoms with E-state index in [9.17, 15) is 9.59 Å². The van der Waals surface area contributed by atoms with Crippen LogP contribution in [-0.4, -0.2) is 67.4 Å². The van der Waals surface area contributed by atoms with Crippen molar-refractivity contribution in [3.63, 3.8) is 0 Å². The lowest BCUT2D eigenvalue weighted by molar-refractivity contribution is -0.130. The highest BCUT2D eigenvalue weighted by Gasteiger charge is 2.25. The minimum absolute atomic E-state index is 0. The van der Waals surface area contributed by atoms with Gasteiger partial charge < -0.3 is 16.0 Å². The fourth-order valence-corrected chi connectivity index (χ4v) is 2.38. The first-order valence-corrected chi connectivity index (χ1v) is 7.83. The Morgan fingerprint density at radius 3 is 2.32 bits per heavy atom. The lowest BCUT2D eigenvalue weighted by atomic mass is 9.98. The maximum Gasteiger partial charge on any atom is 0.237 e. The Kier molecular flexibility index (Phi) is 9.64. The van der Waals surface area contributed by atoms with Gasteiger partial charge in [-0.05, 0) is 18.8 Å². The number of rotatable bonds is 6. The third kappa shape index (κ3) is 6.50. The predicted octanol–water partition coefficient (Wildman–Crippen LogP) is 0.450. The molecule has 1 rings (SSSR count). The number of carbonyl (C=O) groups is 2. The van der Waals surface area contributed by atoms with Gasteiger partial charge in [0.05, 0.1) is 12.6 Å². The number of nitrogens with zero attached hydrogens (tertiary/aromatic N) is 2. The van der Waals surface area contributed by atoms with Crippen molar-refractivity contribution in [2.45, 2.75) is 45.2 Å². The molecule has 1 aliphatic rings. The smallest absolute Gasteiger partial charge is 0.237 e. The van der Waals surface area contributed by atoms with Crippen LogP contribution in [0.5, 0.6) is 0 Å². The van der Waals surface area contributed by atoms with Crippen LogP contribution in [0.15, 0.2) is 0 Å². The molecule has 2 unspecified atom stereocenters. The quantitative estimate of drug-likeness (QED) is 0.739. The molecule has 2 amide bonds. The van der Waals surface area contributed by atoms with Gasteiger partial charge in [0.15, 0.2) is 0 Å². The van der Waals surface area contributed by atoms with E-state index in [0.29, 0.717) is 6.54 Å². The van der Waals surface area contributed by atoms with Gasteiger partial charge in [-0.25, -0.2) is 0 Å². The first-order chi connectivity index (χ1) is 9.85. The first-order valence-electron chi connectivity index (χ1n) is 7.83. The van der Waals surface area contributed by atoms with Gasteiger partial charge in [0, 0.05) is 33.2 Å². The summed E-state index contributed by atoms with van der Waals surface area (Å²) in [7, 11) is 3.54. The minimum atomic E-state index is -0.427. The van der Waals surface area contributed by atoms with Crippen LogP contribution in [0, 0.1) is 5.92 Å². The summed E-state index contributed by atoms with van der Waals surface area (Å²) in [6.07, 6.45) is 2.65. The molecule has 1 aliphatic heterocycles. The van der Waals surface area contributed by atoms with E-state index in [4.69, 9.17) is 5.73 Å². The van der Waals surface area contributed by atoms with E-state index < -0.39 is 6.04 Å². The second-order valence-corrected chi connectivity index (χ2v) is 6.26. The highest BCUT2D eigenvalue weighted by molar-refractivity contribution is 5.85. The molecule has 22 heavy (non-hydrogen) atoms. The number of likely N-dealkylation sites (N-methyl/N-ethyl adjacent to an activating group) is 1. The maximum absolute atomic E-state index is 12.0. The van der Waals surface area contributed by atoms with Crippen molar-refractivity contribution in [3.8, 4) is 0 Å². The number of amides is 2. The van der Waals surface area contributed by atoms with E-state index in [1.165, 1.54) is 0 Å². The van der Waals surface area contributed by atoms with Gasteiger partial charge in [-0.3, -0.25) is 14.5 Å². The molecule has 0 aromatic carbocycles. The van der Waals surface area contributed by atoms with Gasteiger partial charge in [0.1, 0.15) is 0 Å². The van der Waals surface area contributed by atoms with Crippen LogP contribution in [0.25, 0.3) is 0 Å². The van der Waals surface area contributed by atoms with Crippen LogP contribution >= 0.6 is 12.4 Å². The van der Waals surface area contributed by atoms with E-state index in [2.05, 4.69) is 10.2 Å². The summed E-state index contributed by atoms with van der Waals surface area (Å²) in [5.41, 5.74) is 5.94. The molecule has 7 heteroatoms. The molecule has 130 valence electrons. The first kappa shape index (κ1) is 21.1. The molecule has 2 atom stereocenters. The summed E-state index contributed by atoms with van der Waals surface area (Å²) in [5, 5.41) is 3.04. The zero-order chi connectivity index (χ0) is 16.0. The van der Waals surface area contributed by atoms with Gasteiger partial charge in [-0.1, -0.05) is 20.3 Å². The summed E-state index contributed by atoms with van der Waals surface area (Å²) in [6.45, 7) is 6.17. The summed E-state index contributed by atoms with van der Waals surface area (Å²) in [4.78, 5) is 27.5. The normalized spacial score (nSPS) is 19.0. The summed E-state index contributed by atoms with van der Waals surface area (Å²) in [6, 6.07) is -0.248. The average molecular weight is 335 g/mol. The molecule has 1 fully saturated rings. The highest BCUT2D eigenvalue weighted by Crippen LogP contribution is 2.12. The fraction of sp³-hybridized carbons (Fsp3) is 0.867. The van der Waals surface area contributed by atoms with E-state index in [-0.39, 0.29) is 36.2 Å². The molecule has 6 nitrogen and oxygen atoms in total. The fourth-order valence-electron chi connectivity index (χ4n) is 2.38. The van der Waals surface area contributed by atoms with Crippen LogP contribution in [0.4, 0.5) is 0 Å². The molecule has 3 N–H and O–H groups in total. The number of halogens is 1. The van der Waals surface area contributed by atoms with Crippen molar-refractivity contribution in [1.82, 2.24) is 15.1 Å². The predicted molar refractivity (Wildman–Crippen MR) is 91.0 cm³/mol. The number of piperidine rings is 1. The number of nitrogens with one attached hydrogen (secondary N) is 1. The van der Waals surface area contributed by atoms with Crippen molar-refractivity contribution < 1.29 is 9.59 Å². The zero-order valence-corrected chi connectivity index (χ0v) is 15.0. The third-order valence-corrected chi connectivity index (χ3v) is 4.35. The van der Waals surface area contributed by atoms with Crippen molar-refractivity contribution in [2.24, 2.45) is 11.7 Å². The monoisotopic (exact) mass is 334 g/mol. The summed E-state index contributed by atoms with van der Waals surface area (Å²) >= 11 is 0. The second-order valence-electron chi connectivity index (χ2n) is 6.26. The number of nitrogens with two attached hydrogens (primary N) is 1. The van der Waals surface area contributed by atoms with E-state index in [0.717, 1.165) is 32.4 Å². The molecule has 0 bridgehead atoms. The maximum atomic E-state index is 12.0. The lowest BCUT2D eigenvalue weighted by Gasteiger charge is -2.33. The second kappa shape index (κ2) is 10.0. The topological polar surface area (TPSA) is 78.7 Å². The number of hydrogen-bond acceptors (Lipinski definition) is 4. The molecule has 0 saturated carbocycles. The zero-order valence-electron chi connectivity index (χ0n) is 14.2. The van der Waals surface area contributed by atoms with Gasteiger partial charge in [-0.15, -0.1) is 12.4 Å². The number of likely N-dealkylation sites (tertiary alicyclic amines) is 1. The van der Waals surface area contributed by atoms with Gasteiger partial charge in [0.2, 0.25) is 11.8 Å². The molecular formula is C15H31ClN4O2. The van der Waals surface area contributed by atoms with Crippen LogP contribution in [-0.2, 0) is 9.59 Å². The van der Waals surface area contributed by atoms with Crippen molar-refractivity contribution >= 4 is 24.2 Å². The molecule has 0 aliphatic carbocycles. The Hall–Kier alpha value is -0.850. The molecule has 0 spiro atoms. The molecule has 0 aromatic rings. The van der Waals surface area contributed by atoms with Gasteiger partial charge >= 0.3 is 0 Å². The Morgan fingerprint density at radius 2 is 1.86 bits per heavy atom. The van der Waals surface area contributed by atoms with Gasteiger partial charge in [-0.2, -0.15) is 0 Å². The summed E-state index contributed by atoms with van der Waals surface area (Å²) in [5.74, 6) is 0.270. The molecule has 1 heterocycles. The summed E-state index contributed by atoms with van der Waals surface area (Å²) < 4.78 is 0. The third-order valence-electron chi connectivity index (χ3n) is 4.35. The Balaban J connectivity index is 0.00000441. The van der Waals surface area contributed by atoms with E-state index in [1.54, 1.807) is 19.0 Å². The SMILES string of the molecule is CCC(C)C(N)C(=O)NC1CCN(CC(=O)N(C)C)CC1.Cl. The lowest BCUT2D eigenvalue weighted by Crippen LogP contribution is -2.52. The molecule has 1 saturated heterocycles. The van der Waals surface area contributed by atoms with Crippen molar-refractivity contribution in [2.75, 3.05) is 33.7 Å². The number of hydrogen-bond donors (Lipinski definition) is 2. The highest BCUT2D eigenvalue weighted by atomic mass is 35.5. The Morgan fingerprint density at radius 1 is 1.32 bits per heavy atom. The van der Waals surface area contributed by atoms with Crippen LogP contribution in [0.1, 0.15) is 33.1 Å². The molecule has 0 aromatic heterocycles. The minimum Gasteiger partial charge on any atom is -0.352 e. The molecule has 0 radical (unpaired) electrons. The van der Waals surface area contributed by atoms with E-state index in [1.807, 2.05) is 13.8 Å². The van der Waals surface area contributed by atoms with Crippen LogP contribution < -0.4 is 11.1 Å². The van der Waals surface area contributed by atoms with E-state index >= 15 is 0 Å².